The number of halogens is 1. The van der Waals surface area contributed by atoms with Crippen LogP contribution < -0.4 is 17.0 Å². The van der Waals surface area contributed by atoms with Crippen LogP contribution in [0.1, 0.15) is 34.6 Å². The normalized spacial score (nSPS) is 27.4. The lowest BCUT2D eigenvalue weighted by Gasteiger charge is -2.25. The SMILES string of the molecule is CCN1C=CN(C)/C1=C1/N([O])C(C)(C)C(C)(C)[N+]1=O.[Br-]. The zero-order valence-corrected chi connectivity index (χ0v) is 14.4. The van der Waals surface area contributed by atoms with Crippen molar-refractivity contribution in [1.82, 2.24) is 14.9 Å². The smallest absolute Gasteiger partial charge is 0.391 e. The van der Waals surface area contributed by atoms with Gasteiger partial charge in [0.25, 0.3) is 0 Å². The number of hydrogen-bond donors (Lipinski definition) is 0. The summed E-state index contributed by atoms with van der Waals surface area (Å²) < 4.78 is 0.849. The minimum Gasteiger partial charge on any atom is -1.00 e. The molecule has 0 aliphatic carbocycles. The van der Waals surface area contributed by atoms with Crippen LogP contribution in [0.4, 0.5) is 0 Å². The largest absolute Gasteiger partial charge is 1.00 e. The van der Waals surface area contributed by atoms with E-state index >= 15 is 0 Å². The average Bonchev–Trinajstić information content (AvgIpc) is 2.74. The first-order chi connectivity index (χ1) is 8.66. The number of rotatable bonds is 1. The van der Waals surface area contributed by atoms with Crippen LogP contribution in [0.5, 0.6) is 0 Å². The van der Waals surface area contributed by atoms with Gasteiger partial charge in [-0.15, -0.1) is 0 Å². The van der Waals surface area contributed by atoms with Crippen molar-refractivity contribution < 1.29 is 26.9 Å². The summed E-state index contributed by atoms with van der Waals surface area (Å²) in [4.78, 5) is 16.3. The van der Waals surface area contributed by atoms with Crippen LogP contribution in [0.3, 0.4) is 0 Å². The number of nitrogens with zero attached hydrogens (tertiary/aromatic N) is 4. The van der Waals surface area contributed by atoms with Crippen molar-refractivity contribution in [3.8, 4) is 0 Å². The summed E-state index contributed by atoms with van der Waals surface area (Å²) in [6.45, 7) is 9.91. The quantitative estimate of drug-likeness (QED) is 0.563. The lowest BCUT2D eigenvalue weighted by Crippen LogP contribution is -3.00. The highest BCUT2D eigenvalue weighted by Gasteiger charge is 2.67. The standard InChI is InChI=1S/C13H22N4O2.BrH/c1-7-15-9-8-14(6)10(15)11-16(18)12(2,3)13(4,5)17(11)19;/h8-9H,7H2,1-6H3;1H/q+1;/p-1. The van der Waals surface area contributed by atoms with Crippen molar-refractivity contribution in [2.75, 3.05) is 13.6 Å². The van der Waals surface area contributed by atoms with Gasteiger partial charge in [0.2, 0.25) is 5.82 Å². The molecule has 6 nitrogen and oxygen atoms in total. The second kappa shape index (κ2) is 5.04. The highest BCUT2D eigenvalue weighted by molar-refractivity contribution is 5.20. The third-order valence-electron chi connectivity index (χ3n) is 4.51. The molecule has 0 saturated carbocycles. The zero-order valence-electron chi connectivity index (χ0n) is 12.8. The van der Waals surface area contributed by atoms with Gasteiger partial charge in [-0.2, -0.15) is 0 Å². The molecule has 0 bridgehead atoms. The second-order valence-corrected chi connectivity index (χ2v) is 6.05. The van der Waals surface area contributed by atoms with E-state index in [0.717, 1.165) is 9.82 Å². The molecule has 113 valence electrons. The molecule has 0 unspecified atom stereocenters. The Morgan fingerprint density at radius 2 is 1.75 bits per heavy atom. The molecule has 2 aliphatic rings. The van der Waals surface area contributed by atoms with E-state index in [4.69, 9.17) is 0 Å². The molecule has 0 atom stereocenters. The van der Waals surface area contributed by atoms with Gasteiger partial charge in [0.1, 0.15) is 0 Å². The molecule has 2 rings (SSSR count). The van der Waals surface area contributed by atoms with Gasteiger partial charge in [0.05, 0.1) is 0 Å². The Morgan fingerprint density at radius 3 is 2.15 bits per heavy atom. The predicted molar refractivity (Wildman–Crippen MR) is 70.6 cm³/mol. The number of hydroxylamine groups is 2. The van der Waals surface area contributed by atoms with E-state index in [1.807, 2.05) is 36.2 Å². The molecule has 0 aromatic rings. The van der Waals surface area contributed by atoms with Gasteiger partial charge < -0.3 is 26.8 Å². The first kappa shape index (κ1) is 17.0. The van der Waals surface area contributed by atoms with Crippen LogP contribution in [-0.2, 0) is 5.21 Å². The molecule has 1 radical (unpaired) electrons. The molecule has 20 heavy (non-hydrogen) atoms. The average molecular weight is 346 g/mol. The van der Waals surface area contributed by atoms with Gasteiger partial charge in [-0.25, -0.2) is 0 Å². The van der Waals surface area contributed by atoms with E-state index < -0.39 is 11.1 Å². The molecule has 0 aromatic carbocycles. The molecule has 0 N–H and O–H groups in total. The lowest BCUT2D eigenvalue weighted by atomic mass is 9.84. The summed E-state index contributed by atoms with van der Waals surface area (Å²) in [5.74, 6) is 0.829. The molecule has 0 spiro atoms. The van der Waals surface area contributed by atoms with E-state index in [1.165, 1.54) is 0 Å². The minimum absolute atomic E-state index is 0. The van der Waals surface area contributed by atoms with Crippen molar-refractivity contribution in [2.24, 2.45) is 0 Å². The summed E-state index contributed by atoms with van der Waals surface area (Å²) >= 11 is 0. The second-order valence-electron chi connectivity index (χ2n) is 6.05. The first-order valence-electron chi connectivity index (χ1n) is 6.53. The van der Waals surface area contributed by atoms with Gasteiger partial charge in [-0.1, -0.05) is 9.97 Å². The van der Waals surface area contributed by atoms with Crippen molar-refractivity contribution in [2.45, 2.75) is 45.7 Å². The third-order valence-corrected chi connectivity index (χ3v) is 4.51. The van der Waals surface area contributed by atoms with Gasteiger partial charge in [-0.3, -0.25) is 0 Å². The molecule has 1 saturated heterocycles. The van der Waals surface area contributed by atoms with Gasteiger partial charge in [0, 0.05) is 31.2 Å². The van der Waals surface area contributed by atoms with Crippen molar-refractivity contribution in [3.63, 3.8) is 0 Å². The summed E-state index contributed by atoms with van der Waals surface area (Å²) in [5, 5.41) is 13.4. The molecule has 2 aliphatic heterocycles. The maximum atomic E-state index is 12.6. The third kappa shape index (κ3) is 1.95. The van der Waals surface area contributed by atoms with Crippen LogP contribution in [0.25, 0.3) is 0 Å². The highest BCUT2D eigenvalue weighted by atomic mass is 79.9. The molecule has 1 fully saturated rings. The minimum atomic E-state index is -0.778. The Bertz CT molecular complexity index is 485. The Balaban J connectivity index is 0.00000200. The van der Waals surface area contributed by atoms with E-state index in [0.29, 0.717) is 12.4 Å². The fourth-order valence-electron chi connectivity index (χ4n) is 2.36. The lowest BCUT2D eigenvalue weighted by molar-refractivity contribution is -0.570. The van der Waals surface area contributed by atoms with Crippen LogP contribution in [0.15, 0.2) is 24.0 Å². The molecular formula is C13H22BrN4O2. The molecule has 7 heteroatoms. The predicted octanol–water partition coefficient (Wildman–Crippen LogP) is -1.15. The van der Waals surface area contributed by atoms with Gasteiger partial charge in [0.15, 0.2) is 11.1 Å². The molecule has 0 aromatic heterocycles. The zero-order chi connectivity index (χ0) is 14.6. The van der Waals surface area contributed by atoms with Gasteiger partial charge >= 0.3 is 5.82 Å². The topological polar surface area (TPSA) is 49.7 Å². The van der Waals surface area contributed by atoms with E-state index in [1.54, 1.807) is 27.7 Å². The Kier molecular flexibility index (Phi) is 4.27. The van der Waals surface area contributed by atoms with E-state index in [9.17, 15) is 10.1 Å². The molecule has 2 heterocycles. The van der Waals surface area contributed by atoms with Crippen LogP contribution >= 0.6 is 0 Å². The fourth-order valence-corrected chi connectivity index (χ4v) is 2.36. The summed E-state index contributed by atoms with van der Waals surface area (Å²) in [5.41, 5.74) is -1.56. The van der Waals surface area contributed by atoms with Crippen LogP contribution in [0.2, 0.25) is 0 Å². The first-order valence-corrected chi connectivity index (χ1v) is 6.53. The monoisotopic (exact) mass is 345 g/mol. The number of hydrogen-bond acceptors (Lipinski definition) is 4. The Labute approximate surface area is 130 Å². The highest BCUT2D eigenvalue weighted by Crippen LogP contribution is 2.43. The summed E-state index contributed by atoms with van der Waals surface area (Å²) in [7, 11) is 1.84. The van der Waals surface area contributed by atoms with Crippen molar-refractivity contribution in [3.05, 3.63) is 28.9 Å². The molecular weight excluding hydrogens is 324 g/mol. The Morgan fingerprint density at radius 1 is 1.20 bits per heavy atom. The maximum absolute atomic E-state index is 12.6. The van der Waals surface area contributed by atoms with E-state index in [2.05, 4.69) is 0 Å². The van der Waals surface area contributed by atoms with Crippen molar-refractivity contribution >= 4 is 0 Å². The summed E-state index contributed by atoms with van der Waals surface area (Å²) in [6.07, 6.45) is 3.73. The molecule has 0 amide bonds. The fraction of sp³-hybridized carbons (Fsp3) is 0.692. The van der Waals surface area contributed by atoms with Crippen LogP contribution in [0, 0.1) is 4.91 Å². The van der Waals surface area contributed by atoms with Crippen molar-refractivity contribution in [1.29, 1.82) is 0 Å². The maximum Gasteiger partial charge on any atom is 0.391 e. The summed E-state index contributed by atoms with van der Waals surface area (Å²) in [6, 6.07) is 0. The van der Waals surface area contributed by atoms with E-state index in [-0.39, 0.29) is 22.8 Å². The van der Waals surface area contributed by atoms with Gasteiger partial charge in [-0.05, 0) is 39.4 Å². The van der Waals surface area contributed by atoms with Crippen LogP contribution in [-0.4, -0.2) is 44.3 Å². The Hall–Kier alpha value is -1.08. The number of nitroso groups, excluding NO2 is 1.